The molecule has 3 heterocycles. The second kappa shape index (κ2) is 7.50. The molecule has 0 radical (unpaired) electrons. The van der Waals surface area contributed by atoms with Gasteiger partial charge in [0.15, 0.2) is 11.4 Å². The van der Waals surface area contributed by atoms with Crippen molar-refractivity contribution in [1.82, 2.24) is 30.0 Å². The minimum absolute atomic E-state index is 0.0532. The van der Waals surface area contributed by atoms with Crippen molar-refractivity contribution >= 4 is 5.91 Å². The lowest BCUT2D eigenvalue weighted by Gasteiger charge is -2.23. The first-order chi connectivity index (χ1) is 12.8. The first-order valence-electron chi connectivity index (χ1n) is 8.35. The van der Waals surface area contributed by atoms with Crippen molar-refractivity contribution in [2.24, 2.45) is 0 Å². The van der Waals surface area contributed by atoms with Gasteiger partial charge in [-0.05, 0) is 37.6 Å². The Bertz CT molecular complexity index is 994. The van der Waals surface area contributed by atoms with Crippen molar-refractivity contribution in [3.8, 4) is 11.5 Å². The number of aliphatic hydroxyl groups is 1. The lowest BCUT2D eigenvalue weighted by molar-refractivity contribution is -0.139. The normalized spacial score (nSPS) is 13.1. The van der Waals surface area contributed by atoms with Crippen molar-refractivity contribution in [2.75, 3.05) is 0 Å². The third kappa shape index (κ3) is 4.45. The van der Waals surface area contributed by atoms with Crippen LogP contribution in [0.1, 0.15) is 18.3 Å². The molecule has 3 aromatic heterocycles. The highest BCUT2D eigenvalue weighted by Gasteiger charge is 2.31. The molecule has 3 rings (SSSR count). The lowest BCUT2D eigenvalue weighted by Crippen LogP contribution is -2.48. The molecule has 1 unspecified atom stereocenters. The van der Waals surface area contributed by atoms with Crippen LogP contribution in [0.3, 0.4) is 0 Å². The first-order valence-corrected chi connectivity index (χ1v) is 8.35. The zero-order chi connectivity index (χ0) is 19.4. The predicted molar refractivity (Wildman–Crippen MR) is 97.5 cm³/mol. The number of carbonyl (C=O) groups is 1. The molecule has 3 aromatic rings. The number of aromatic nitrogens is 5. The van der Waals surface area contributed by atoms with E-state index >= 15 is 0 Å². The maximum Gasteiger partial charge on any atom is 0.253 e. The van der Waals surface area contributed by atoms with Crippen molar-refractivity contribution in [3.05, 3.63) is 64.5 Å². The molecule has 0 aliphatic carbocycles. The monoisotopic (exact) mass is 368 g/mol. The van der Waals surface area contributed by atoms with E-state index in [2.05, 4.69) is 25.5 Å². The molecule has 140 valence electrons. The van der Waals surface area contributed by atoms with Gasteiger partial charge in [0.25, 0.3) is 11.5 Å². The quantitative estimate of drug-likeness (QED) is 0.578. The second-order valence-electron chi connectivity index (χ2n) is 6.45. The first kappa shape index (κ1) is 18.5. The van der Waals surface area contributed by atoms with Gasteiger partial charge in [0, 0.05) is 18.5 Å². The van der Waals surface area contributed by atoms with Gasteiger partial charge in [-0.2, -0.15) is 5.10 Å². The number of pyridine rings is 2. The standard InChI is InChI=1S/C18H20N6O3/c1-12-6-8-24(15(25)9-12)11-18(2,27)17(26)20-10-14-21-16(23-22-14)13-5-3-4-7-19-13/h3-9,27H,10-11H2,1-2H3,(H,20,26)(H,21,22,23). The van der Waals surface area contributed by atoms with Crippen LogP contribution in [0.2, 0.25) is 0 Å². The number of aryl methyl sites for hydroxylation is 1. The molecule has 0 bridgehead atoms. The van der Waals surface area contributed by atoms with Gasteiger partial charge in [-0.1, -0.05) is 6.07 Å². The van der Waals surface area contributed by atoms with Gasteiger partial charge in [-0.15, -0.1) is 0 Å². The zero-order valence-corrected chi connectivity index (χ0v) is 15.0. The van der Waals surface area contributed by atoms with E-state index in [-0.39, 0.29) is 18.6 Å². The van der Waals surface area contributed by atoms with Crippen LogP contribution in [-0.4, -0.2) is 41.3 Å². The fraction of sp³-hybridized carbons (Fsp3) is 0.278. The molecule has 9 nitrogen and oxygen atoms in total. The molecule has 9 heteroatoms. The van der Waals surface area contributed by atoms with Crippen LogP contribution < -0.4 is 10.9 Å². The number of nitrogens with zero attached hydrogens (tertiary/aromatic N) is 4. The Kier molecular flexibility index (Phi) is 5.13. The molecule has 1 atom stereocenters. The SMILES string of the molecule is Cc1ccn(CC(C)(O)C(=O)NCc2nc(-c3ccccn3)n[nH]2)c(=O)c1. The smallest absolute Gasteiger partial charge is 0.253 e. The number of amides is 1. The van der Waals surface area contributed by atoms with Crippen LogP contribution in [0.15, 0.2) is 47.5 Å². The molecule has 27 heavy (non-hydrogen) atoms. The maximum atomic E-state index is 12.3. The van der Waals surface area contributed by atoms with E-state index in [4.69, 9.17) is 0 Å². The third-order valence-corrected chi connectivity index (χ3v) is 3.96. The molecular weight excluding hydrogens is 348 g/mol. The molecule has 1 amide bonds. The summed E-state index contributed by atoms with van der Waals surface area (Å²) in [6, 6.07) is 8.57. The van der Waals surface area contributed by atoms with Gasteiger partial charge in [0.05, 0.1) is 13.1 Å². The molecule has 0 aliphatic rings. The van der Waals surface area contributed by atoms with E-state index in [1.54, 1.807) is 37.5 Å². The zero-order valence-electron chi connectivity index (χ0n) is 15.0. The largest absolute Gasteiger partial charge is 0.378 e. The summed E-state index contributed by atoms with van der Waals surface area (Å²) in [5.74, 6) is 0.218. The van der Waals surface area contributed by atoms with E-state index in [0.717, 1.165) is 5.56 Å². The number of aromatic amines is 1. The summed E-state index contributed by atoms with van der Waals surface area (Å²) in [6.07, 6.45) is 3.19. The molecule has 0 aromatic carbocycles. The average molecular weight is 368 g/mol. The van der Waals surface area contributed by atoms with E-state index in [1.807, 2.05) is 6.07 Å². The number of hydrogen-bond acceptors (Lipinski definition) is 6. The van der Waals surface area contributed by atoms with Gasteiger partial charge in [-0.25, -0.2) is 4.98 Å². The second-order valence-corrected chi connectivity index (χ2v) is 6.45. The van der Waals surface area contributed by atoms with Gasteiger partial charge in [0.1, 0.15) is 11.5 Å². The van der Waals surface area contributed by atoms with Crippen LogP contribution in [0.4, 0.5) is 0 Å². The van der Waals surface area contributed by atoms with Crippen molar-refractivity contribution in [1.29, 1.82) is 0 Å². The topological polar surface area (TPSA) is 126 Å². The molecule has 0 saturated carbocycles. The van der Waals surface area contributed by atoms with Crippen LogP contribution in [-0.2, 0) is 17.9 Å². The minimum Gasteiger partial charge on any atom is -0.378 e. The molecule has 3 N–H and O–H groups in total. The number of nitrogens with one attached hydrogen (secondary N) is 2. The summed E-state index contributed by atoms with van der Waals surface area (Å²) in [4.78, 5) is 32.7. The van der Waals surface area contributed by atoms with Gasteiger partial charge in [0.2, 0.25) is 0 Å². The third-order valence-electron chi connectivity index (χ3n) is 3.96. The maximum absolute atomic E-state index is 12.3. The number of carbonyl (C=O) groups excluding carboxylic acids is 1. The Morgan fingerprint density at radius 3 is 2.89 bits per heavy atom. The fourth-order valence-corrected chi connectivity index (χ4v) is 2.48. The van der Waals surface area contributed by atoms with Crippen LogP contribution in [0, 0.1) is 6.92 Å². The summed E-state index contributed by atoms with van der Waals surface area (Å²) >= 11 is 0. The Morgan fingerprint density at radius 1 is 1.37 bits per heavy atom. The number of rotatable bonds is 6. The highest BCUT2D eigenvalue weighted by Crippen LogP contribution is 2.11. The van der Waals surface area contributed by atoms with Crippen LogP contribution in [0.5, 0.6) is 0 Å². The van der Waals surface area contributed by atoms with E-state index < -0.39 is 11.5 Å². The van der Waals surface area contributed by atoms with Gasteiger partial charge >= 0.3 is 0 Å². The summed E-state index contributed by atoms with van der Waals surface area (Å²) in [5, 5.41) is 19.8. The Balaban J connectivity index is 1.63. The van der Waals surface area contributed by atoms with Gasteiger partial charge in [-0.3, -0.25) is 19.7 Å². The Labute approximate surface area is 155 Å². The molecular formula is C18H20N6O3. The fourth-order valence-electron chi connectivity index (χ4n) is 2.48. The molecule has 0 fully saturated rings. The summed E-state index contributed by atoms with van der Waals surface area (Å²) in [6.45, 7) is 3.05. The summed E-state index contributed by atoms with van der Waals surface area (Å²) in [7, 11) is 0. The van der Waals surface area contributed by atoms with Crippen LogP contribution in [0.25, 0.3) is 11.5 Å². The van der Waals surface area contributed by atoms with E-state index in [1.165, 1.54) is 17.6 Å². The van der Waals surface area contributed by atoms with Crippen molar-refractivity contribution < 1.29 is 9.90 Å². The van der Waals surface area contributed by atoms with E-state index in [9.17, 15) is 14.7 Å². The van der Waals surface area contributed by atoms with E-state index in [0.29, 0.717) is 17.3 Å². The number of hydrogen-bond donors (Lipinski definition) is 3. The highest BCUT2D eigenvalue weighted by atomic mass is 16.3. The van der Waals surface area contributed by atoms with Crippen molar-refractivity contribution in [3.63, 3.8) is 0 Å². The lowest BCUT2D eigenvalue weighted by atomic mass is 10.1. The Morgan fingerprint density at radius 2 is 2.19 bits per heavy atom. The molecule has 0 spiro atoms. The Hall–Kier alpha value is -3.33. The highest BCUT2D eigenvalue weighted by molar-refractivity contribution is 5.84. The molecule has 0 aliphatic heterocycles. The predicted octanol–water partition coefficient (Wildman–Crippen LogP) is 0.404. The molecule has 0 saturated heterocycles. The minimum atomic E-state index is -1.76. The summed E-state index contributed by atoms with van der Waals surface area (Å²) in [5.41, 5.74) is -0.618. The van der Waals surface area contributed by atoms with Crippen molar-refractivity contribution in [2.45, 2.75) is 32.5 Å². The number of H-pyrrole nitrogens is 1. The average Bonchev–Trinajstić information content (AvgIpc) is 3.12. The van der Waals surface area contributed by atoms with Crippen LogP contribution >= 0.6 is 0 Å². The van der Waals surface area contributed by atoms with Gasteiger partial charge < -0.3 is 15.0 Å². The summed E-state index contributed by atoms with van der Waals surface area (Å²) < 4.78 is 1.29.